The fraction of sp³-hybridized carbons (Fsp3) is 0.737. The number of rotatable bonds is 20. The van der Waals surface area contributed by atoms with Gasteiger partial charge in [-0.1, -0.05) is 85.2 Å². The van der Waals surface area contributed by atoms with Gasteiger partial charge in [0, 0.05) is 20.8 Å². The van der Waals surface area contributed by atoms with Crippen molar-refractivity contribution in [2.24, 2.45) is 23.7 Å². The van der Waals surface area contributed by atoms with Gasteiger partial charge in [0.15, 0.2) is 0 Å². The van der Waals surface area contributed by atoms with Gasteiger partial charge in [0.25, 0.3) is 0 Å². The Morgan fingerprint density at radius 3 is 1.96 bits per heavy atom. The highest BCUT2D eigenvalue weighted by Gasteiger charge is 2.44. The average Bonchev–Trinajstić information content (AvgIpc) is 3.05. The summed E-state index contributed by atoms with van der Waals surface area (Å²) in [4.78, 5) is 57.7. The summed E-state index contributed by atoms with van der Waals surface area (Å²) >= 11 is 0. The topological polar surface area (TPSA) is 150 Å². The van der Waals surface area contributed by atoms with Crippen LogP contribution < -0.4 is 16.0 Å². The number of aliphatic hydroxyl groups is 1. The highest BCUT2D eigenvalue weighted by molar-refractivity contribution is 5.90. The Kier molecular flexibility index (Phi) is 17.3. The van der Waals surface area contributed by atoms with Crippen LogP contribution in [0.4, 0.5) is 0 Å². The number of nitrogens with one attached hydrogen (secondary N) is 3. The predicted molar refractivity (Wildman–Crippen MR) is 195 cm³/mol. The smallest absolute Gasteiger partial charge is 0.243 e. The van der Waals surface area contributed by atoms with Crippen molar-refractivity contribution in [3.05, 3.63) is 35.9 Å². The molecule has 50 heavy (non-hydrogen) atoms. The van der Waals surface area contributed by atoms with Crippen molar-refractivity contribution in [1.29, 1.82) is 0 Å². The van der Waals surface area contributed by atoms with E-state index in [2.05, 4.69) is 16.0 Å². The second kappa shape index (κ2) is 20.1. The molecule has 10 atom stereocenters. The van der Waals surface area contributed by atoms with E-state index in [1.54, 1.807) is 18.7 Å². The molecule has 0 bridgehead atoms. The molecule has 4 N–H and O–H groups in total. The number of benzene rings is 1. The summed E-state index contributed by atoms with van der Waals surface area (Å²) in [6, 6.07) is 6.66. The Balaban J connectivity index is 2.15. The molecule has 284 valence electrons. The van der Waals surface area contributed by atoms with Crippen molar-refractivity contribution in [1.82, 2.24) is 25.8 Å². The van der Waals surface area contributed by atoms with Crippen LogP contribution in [-0.4, -0.2) is 116 Å². The van der Waals surface area contributed by atoms with Crippen molar-refractivity contribution in [3.8, 4) is 0 Å². The van der Waals surface area contributed by atoms with E-state index in [0.717, 1.165) is 6.42 Å². The van der Waals surface area contributed by atoms with Crippen LogP contribution in [0, 0.1) is 23.7 Å². The molecule has 1 unspecified atom stereocenters. The molecule has 0 radical (unpaired) electrons. The standard InChI is InChI=1S/C38H65N5O7/c1-13-24(6)32(41-37(47)31(22(2)3)40-38(48)33(23(4)5)42(9)10)29(49-11)21-30(44)43-20-19-28(43)35(50-12)25(7)36(46)39-26(8)34(45)27-17-15-14-16-18-27/h14-18,22-26,28-29,31-35,45H,13,19-21H2,1-12H3,(H,39,46)(H,40,48)(H,41,47)/t24?,25-,26-,28+,29-,31+,32+,33+,34-,35-/m1/s1. The Labute approximate surface area is 300 Å². The Morgan fingerprint density at radius 1 is 0.880 bits per heavy atom. The molecule has 0 aliphatic carbocycles. The number of methoxy groups -OCH3 is 2. The van der Waals surface area contributed by atoms with Gasteiger partial charge in [-0.2, -0.15) is 0 Å². The normalized spacial score (nSPS) is 20.2. The lowest BCUT2D eigenvalue weighted by molar-refractivity contribution is -0.154. The summed E-state index contributed by atoms with van der Waals surface area (Å²) in [6.07, 6.45) is -0.634. The van der Waals surface area contributed by atoms with Crippen LogP contribution in [0.25, 0.3) is 0 Å². The van der Waals surface area contributed by atoms with Crippen LogP contribution in [0.1, 0.15) is 86.3 Å². The van der Waals surface area contributed by atoms with Crippen molar-refractivity contribution >= 4 is 23.6 Å². The van der Waals surface area contributed by atoms with E-state index in [0.29, 0.717) is 18.5 Å². The Bertz CT molecular complexity index is 1220. The number of carbonyl (C=O) groups excluding carboxylic acids is 4. The van der Waals surface area contributed by atoms with Crippen LogP contribution in [0.3, 0.4) is 0 Å². The largest absolute Gasteiger partial charge is 0.386 e. The molecular weight excluding hydrogens is 638 g/mol. The first-order valence-corrected chi connectivity index (χ1v) is 18.2. The lowest BCUT2D eigenvalue weighted by atomic mass is 9.86. The quantitative estimate of drug-likeness (QED) is 0.162. The minimum absolute atomic E-state index is 0.0222. The number of amides is 4. The summed E-state index contributed by atoms with van der Waals surface area (Å²) in [7, 11) is 6.77. The van der Waals surface area contributed by atoms with Gasteiger partial charge in [-0.25, -0.2) is 0 Å². The Morgan fingerprint density at radius 2 is 1.50 bits per heavy atom. The number of nitrogens with zero attached hydrogens (tertiary/aromatic N) is 2. The number of likely N-dealkylation sites (N-methyl/N-ethyl adjacent to an activating group) is 1. The minimum Gasteiger partial charge on any atom is -0.386 e. The Hall–Kier alpha value is -3.06. The molecule has 1 aromatic rings. The SMILES string of the molecule is CCC(C)[C@H](NC(=O)[C@@H](NC(=O)[C@H](C(C)C)N(C)C)C(C)C)[C@@H](CC(=O)N1CC[C@H]1[C@H](OC)[C@@H](C)C(=O)N[C@H](C)[C@@H](O)c1ccccc1)OC. The van der Waals surface area contributed by atoms with Crippen LogP contribution in [0.15, 0.2) is 30.3 Å². The van der Waals surface area contributed by atoms with Crippen molar-refractivity contribution in [2.75, 3.05) is 34.9 Å². The molecule has 0 saturated carbocycles. The molecule has 1 aliphatic heterocycles. The van der Waals surface area contributed by atoms with Crippen molar-refractivity contribution < 1.29 is 33.8 Å². The molecule has 2 rings (SSSR count). The molecular formula is C38H65N5O7. The van der Waals surface area contributed by atoms with Crippen molar-refractivity contribution in [2.45, 2.75) is 123 Å². The lowest BCUT2D eigenvalue weighted by Crippen LogP contribution is -2.62. The molecule has 12 heteroatoms. The van der Waals surface area contributed by atoms with E-state index in [1.807, 2.05) is 90.9 Å². The molecule has 1 aromatic carbocycles. The van der Waals surface area contributed by atoms with E-state index >= 15 is 0 Å². The van der Waals surface area contributed by atoms with Crippen LogP contribution in [0.2, 0.25) is 0 Å². The van der Waals surface area contributed by atoms with Gasteiger partial charge in [-0.3, -0.25) is 24.1 Å². The number of carbonyl (C=O) groups is 4. The summed E-state index contributed by atoms with van der Waals surface area (Å²) in [5.74, 6) is -1.70. The third kappa shape index (κ3) is 11.2. The first kappa shape index (κ1) is 43.1. The molecule has 0 aromatic heterocycles. The summed E-state index contributed by atoms with van der Waals surface area (Å²) in [5, 5.41) is 19.8. The number of ether oxygens (including phenoxy) is 2. The average molecular weight is 704 g/mol. The van der Waals surface area contributed by atoms with Crippen molar-refractivity contribution in [3.63, 3.8) is 0 Å². The van der Waals surface area contributed by atoms with E-state index in [-0.39, 0.29) is 53.8 Å². The number of aliphatic hydroxyl groups excluding tert-OH is 1. The zero-order valence-corrected chi connectivity index (χ0v) is 32.4. The summed E-state index contributed by atoms with van der Waals surface area (Å²) < 4.78 is 11.7. The maximum Gasteiger partial charge on any atom is 0.243 e. The molecule has 1 fully saturated rings. The second-order valence-corrected chi connectivity index (χ2v) is 14.9. The van der Waals surface area contributed by atoms with Gasteiger partial charge in [0.1, 0.15) is 6.04 Å². The van der Waals surface area contributed by atoms with E-state index in [9.17, 15) is 24.3 Å². The van der Waals surface area contributed by atoms with E-state index < -0.39 is 48.4 Å². The van der Waals surface area contributed by atoms with Gasteiger partial charge < -0.3 is 35.4 Å². The number of hydrogen-bond acceptors (Lipinski definition) is 8. The zero-order valence-electron chi connectivity index (χ0n) is 32.4. The lowest BCUT2D eigenvalue weighted by Gasteiger charge is -2.47. The van der Waals surface area contributed by atoms with E-state index in [1.165, 1.54) is 14.2 Å². The molecule has 1 aliphatic rings. The molecule has 12 nitrogen and oxygen atoms in total. The highest BCUT2D eigenvalue weighted by atomic mass is 16.5. The first-order valence-electron chi connectivity index (χ1n) is 18.2. The van der Waals surface area contributed by atoms with Gasteiger partial charge in [-0.15, -0.1) is 0 Å². The minimum atomic E-state index is -0.873. The number of hydrogen-bond donors (Lipinski definition) is 4. The maximum atomic E-state index is 13.8. The highest BCUT2D eigenvalue weighted by Crippen LogP contribution is 2.29. The van der Waals surface area contributed by atoms with Crippen LogP contribution in [-0.2, 0) is 28.7 Å². The number of likely N-dealkylation sites (tertiary alicyclic amines) is 1. The molecule has 1 heterocycles. The van der Waals surface area contributed by atoms with Gasteiger partial charge in [0.2, 0.25) is 23.6 Å². The summed E-state index contributed by atoms with van der Waals surface area (Å²) in [6.45, 7) is 15.8. The molecule has 0 spiro atoms. The van der Waals surface area contributed by atoms with Gasteiger partial charge in [-0.05, 0) is 50.8 Å². The van der Waals surface area contributed by atoms with Crippen LogP contribution >= 0.6 is 0 Å². The van der Waals surface area contributed by atoms with Crippen LogP contribution in [0.5, 0.6) is 0 Å². The molecule has 4 amide bonds. The molecule has 1 saturated heterocycles. The fourth-order valence-electron chi connectivity index (χ4n) is 6.94. The van der Waals surface area contributed by atoms with E-state index in [4.69, 9.17) is 9.47 Å². The monoisotopic (exact) mass is 703 g/mol. The zero-order chi connectivity index (χ0) is 37.9. The first-order chi connectivity index (χ1) is 23.5. The second-order valence-electron chi connectivity index (χ2n) is 14.9. The summed E-state index contributed by atoms with van der Waals surface area (Å²) in [5.41, 5.74) is 0.708. The third-order valence-electron chi connectivity index (χ3n) is 10.3. The van der Waals surface area contributed by atoms with Gasteiger partial charge >= 0.3 is 0 Å². The van der Waals surface area contributed by atoms with Gasteiger partial charge in [0.05, 0.1) is 54.8 Å². The third-order valence-corrected chi connectivity index (χ3v) is 10.3. The predicted octanol–water partition coefficient (Wildman–Crippen LogP) is 3.14. The fourth-order valence-corrected chi connectivity index (χ4v) is 6.94. The maximum absolute atomic E-state index is 13.8.